The molecule has 92 valence electrons. The van der Waals surface area contributed by atoms with Gasteiger partial charge in [-0.1, -0.05) is 52.2 Å². The van der Waals surface area contributed by atoms with Crippen LogP contribution in [-0.4, -0.2) is 30.8 Å². The monoisotopic (exact) mass is 239 g/mol. The topological polar surface area (TPSA) is 3.24 Å². The second-order valence-electron chi connectivity index (χ2n) is 4.64. The summed E-state index contributed by atoms with van der Waals surface area (Å²) < 4.78 is 0. The maximum Gasteiger partial charge on any atom is 0.0779 e. The van der Waals surface area contributed by atoms with E-state index in [1.54, 1.807) is 0 Å². The number of thiocarbonyl (C=S) groups is 1. The quantitative estimate of drug-likeness (QED) is 0.542. The van der Waals surface area contributed by atoms with Gasteiger partial charge in [0.05, 0.1) is 12.8 Å². The summed E-state index contributed by atoms with van der Waals surface area (Å²) in [5.41, 5.74) is 0. The van der Waals surface area contributed by atoms with Crippen molar-refractivity contribution < 1.29 is 0 Å². The van der Waals surface area contributed by atoms with Crippen LogP contribution in [0.25, 0.3) is 0 Å². The summed E-state index contributed by atoms with van der Waals surface area (Å²) in [4.78, 5) is 3.41. The van der Waals surface area contributed by atoms with Crippen LogP contribution in [0.1, 0.15) is 53.4 Å². The minimum Gasteiger partial charge on any atom is -0.366 e. The molecule has 1 saturated heterocycles. The van der Waals surface area contributed by atoms with Crippen molar-refractivity contribution in [1.82, 2.24) is 4.90 Å². The number of rotatable bonds is 4. The van der Waals surface area contributed by atoms with Crippen molar-refractivity contribution in [2.75, 3.05) is 7.05 Å². The van der Waals surface area contributed by atoms with E-state index in [4.69, 9.17) is 20.1 Å². The highest BCUT2D eigenvalue weighted by Gasteiger charge is 2.32. The molecule has 0 aliphatic carbocycles. The van der Waals surface area contributed by atoms with Gasteiger partial charge in [0, 0.05) is 13.1 Å². The molecule has 3 unspecified atom stereocenters. The lowest BCUT2D eigenvalue weighted by atomic mass is 9.67. The number of hydrogen-bond donors (Lipinski definition) is 0. The zero-order valence-corrected chi connectivity index (χ0v) is 11.0. The van der Waals surface area contributed by atoms with Crippen molar-refractivity contribution in [1.29, 1.82) is 0 Å². The van der Waals surface area contributed by atoms with E-state index in [9.17, 15) is 0 Å². The van der Waals surface area contributed by atoms with Crippen molar-refractivity contribution >= 4 is 25.1 Å². The molecule has 3 atom stereocenters. The van der Waals surface area contributed by atoms with Gasteiger partial charge in [0.25, 0.3) is 0 Å². The van der Waals surface area contributed by atoms with Gasteiger partial charge in [0.2, 0.25) is 0 Å². The highest BCUT2D eigenvalue weighted by atomic mass is 32.1. The molecule has 0 bridgehead atoms. The van der Waals surface area contributed by atoms with Crippen LogP contribution in [0.2, 0.25) is 5.82 Å². The zero-order valence-electron chi connectivity index (χ0n) is 10.2. The van der Waals surface area contributed by atoms with Crippen LogP contribution >= 0.6 is 12.2 Å². The van der Waals surface area contributed by atoms with Gasteiger partial charge in [-0.15, -0.1) is 0 Å². The molecule has 0 saturated carbocycles. The van der Waals surface area contributed by atoms with Crippen LogP contribution in [-0.2, 0) is 0 Å². The molecular formula is C13H26BNS. The van der Waals surface area contributed by atoms with Gasteiger partial charge in [-0.05, 0) is 25.2 Å². The summed E-state index contributed by atoms with van der Waals surface area (Å²) in [5, 5.41) is 0. The third kappa shape index (κ3) is 3.48. The molecule has 16 heavy (non-hydrogen) atoms. The smallest absolute Gasteiger partial charge is 0.0779 e. The predicted octanol–water partition coefficient (Wildman–Crippen LogP) is 3.83. The molecule has 3 heteroatoms. The van der Waals surface area contributed by atoms with E-state index < -0.39 is 0 Å². The molecule has 0 spiro atoms. The Morgan fingerprint density at radius 2 is 2.12 bits per heavy atom. The first-order chi connectivity index (χ1) is 7.11. The van der Waals surface area contributed by atoms with Crippen molar-refractivity contribution in [2.45, 2.75) is 65.2 Å². The van der Waals surface area contributed by atoms with Crippen LogP contribution in [0, 0.1) is 5.92 Å². The lowest BCUT2D eigenvalue weighted by Crippen LogP contribution is -2.46. The Morgan fingerprint density at radius 3 is 2.62 bits per heavy atom. The fourth-order valence-electron chi connectivity index (χ4n) is 2.64. The molecule has 1 rings (SSSR count). The van der Waals surface area contributed by atoms with Crippen molar-refractivity contribution in [3.05, 3.63) is 0 Å². The average Bonchev–Trinajstić information content (AvgIpc) is 2.24. The van der Waals surface area contributed by atoms with E-state index in [0.29, 0.717) is 17.8 Å². The molecule has 1 fully saturated rings. The summed E-state index contributed by atoms with van der Waals surface area (Å²) in [5.74, 6) is 0.971. The largest absolute Gasteiger partial charge is 0.366 e. The summed E-state index contributed by atoms with van der Waals surface area (Å²) in [6.45, 7) is 4.42. The van der Waals surface area contributed by atoms with Crippen LogP contribution in [0.5, 0.6) is 0 Å². The summed E-state index contributed by atoms with van der Waals surface area (Å²) in [6, 6.07) is 0.575. The maximum absolute atomic E-state index is 6.21. The Morgan fingerprint density at radius 1 is 1.50 bits per heavy atom. The molecular weight excluding hydrogens is 213 g/mol. The third-order valence-corrected chi connectivity index (χ3v) is 4.17. The van der Waals surface area contributed by atoms with Gasteiger partial charge in [-0.25, -0.2) is 0 Å². The lowest BCUT2D eigenvalue weighted by molar-refractivity contribution is 0.197. The van der Waals surface area contributed by atoms with Crippen LogP contribution in [0.4, 0.5) is 0 Å². The number of hydrogen-bond acceptors (Lipinski definition) is 1. The highest BCUT2D eigenvalue weighted by Crippen LogP contribution is 2.35. The Balaban J connectivity index is 0.00000225. The van der Waals surface area contributed by atoms with Gasteiger partial charge in [0.15, 0.2) is 0 Å². The van der Waals surface area contributed by atoms with Crippen LogP contribution in [0.3, 0.4) is 0 Å². The highest BCUT2D eigenvalue weighted by molar-refractivity contribution is 7.80. The molecule has 0 aromatic rings. The maximum atomic E-state index is 6.21. The van der Waals surface area contributed by atoms with E-state index in [1.165, 1.54) is 19.3 Å². The molecule has 1 heterocycles. The first kappa shape index (κ1) is 16.0. The Kier molecular flexibility index (Phi) is 7.29. The number of likely N-dealkylation sites (tertiary alicyclic amines) is 1. The Bertz CT molecular complexity index is 220. The van der Waals surface area contributed by atoms with Gasteiger partial charge >= 0.3 is 0 Å². The molecule has 0 N–H and O–H groups in total. The summed E-state index contributed by atoms with van der Waals surface area (Å²) in [7, 11) is 8.34. The van der Waals surface area contributed by atoms with E-state index in [1.807, 2.05) is 0 Å². The average molecular weight is 239 g/mol. The van der Waals surface area contributed by atoms with E-state index in [-0.39, 0.29) is 7.43 Å². The first-order valence-corrected chi connectivity index (χ1v) is 6.53. The number of nitrogens with zero attached hydrogens (tertiary/aromatic N) is 1. The van der Waals surface area contributed by atoms with Crippen molar-refractivity contribution in [3.8, 4) is 0 Å². The standard InChI is InChI=1S/C12H22BNS.CH4/c1-4-6-11-9(10(13)5-2)7-8-12(15)14(11)3;/h9-11H,4-8H2,1-3H3;1H4. The number of piperidine rings is 1. The first-order valence-electron chi connectivity index (χ1n) is 6.13. The fourth-order valence-corrected chi connectivity index (χ4v) is 2.89. The van der Waals surface area contributed by atoms with E-state index in [0.717, 1.165) is 17.8 Å². The van der Waals surface area contributed by atoms with Gasteiger partial charge < -0.3 is 4.90 Å². The van der Waals surface area contributed by atoms with Crippen LogP contribution in [0.15, 0.2) is 0 Å². The molecule has 0 aromatic carbocycles. The predicted molar refractivity (Wildman–Crippen MR) is 78.3 cm³/mol. The second kappa shape index (κ2) is 7.31. The van der Waals surface area contributed by atoms with E-state index >= 15 is 0 Å². The lowest BCUT2D eigenvalue weighted by Gasteiger charge is -2.43. The normalized spacial score (nSPS) is 27.4. The molecule has 1 nitrogen and oxygen atoms in total. The van der Waals surface area contributed by atoms with E-state index in [2.05, 4.69) is 25.8 Å². The molecule has 1 aliphatic rings. The molecule has 2 radical (unpaired) electrons. The van der Waals surface area contributed by atoms with Crippen molar-refractivity contribution in [2.24, 2.45) is 5.92 Å². The molecule has 0 amide bonds. The molecule has 1 aliphatic heterocycles. The minimum atomic E-state index is 0. The fraction of sp³-hybridized carbons (Fsp3) is 0.923. The van der Waals surface area contributed by atoms with Crippen molar-refractivity contribution in [3.63, 3.8) is 0 Å². The zero-order chi connectivity index (χ0) is 11.4. The minimum absolute atomic E-state index is 0. The second-order valence-corrected chi connectivity index (χ2v) is 5.11. The van der Waals surface area contributed by atoms with Gasteiger partial charge in [-0.3, -0.25) is 0 Å². The van der Waals surface area contributed by atoms with Crippen LogP contribution < -0.4 is 0 Å². The summed E-state index contributed by atoms with van der Waals surface area (Å²) >= 11 is 5.38. The van der Waals surface area contributed by atoms with Gasteiger partial charge in [0.1, 0.15) is 0 Å². The van der Waals surface area contributed by atoms with Gasteiger partial charge in [-0.2, -0.15) is 0 Å². The Labute approximate surface area is 108 Å². The Hall–Kier alpha value is -0.0451. The third-order valence-electron chi connectivity index (χ3n) is 3.68. The summed E-state index contributed by atoms with van der Waals surface area (Å²) in [6.07, 6.45) is 5.73. The molecule has 0 aromatic heterocycles. The SMILES string of the molecule is C.[B]C(CC)C1CCC(=S)N(C)C1CCC.